The molecule has 0 unspecified atom stereocenters. The van der Waals surface area contributed by atoms with Gasteiger partial charge in [0.2, 0.25) is 17.1 Å². The summed E-state index contributed by atoms with van der Waals surface area (Å²) < 4.78 is 5.41. The zero-order valence-corrected chi connectivity index (χ0v) is 13.1. The maximum Gasteiger partial charge on any atom is 0.322 e. The first-order valence-corrected chi connectivity index (χ1v) is 7.52. The predicted molar refractivity (Wildman–Crippen MR) is 79.7 cm³/mol. The number of ether oxygens (including phenoxy) is 1. The zero-order chi connectivity index (χ0) is 15.2. The molecular weight excluding hydrogens is 294 g/mol. The molecule has 7 nitrogen and oxygen atoms in total. The third-order valence-electron chi connectivity index (χ3n) is 3.20. The van der Waals surface area contributed by atoms with E-state index < -0.39 is 0 Å². The highest BCUT2D eigenvalue weighted by Gasteiger charge is 2.22. The third-order valence-corrected chi connectivity index (χ3v) is 3.37. The molecule has 0 saturated carbocycles. The van der Waals surface area contributed by atoms with Crippen molar-refractivity contribution in [2.45, 2.75) is 39.2 Å². The highest BCUT2D eigenvalue weighted by atomic mass is 35.5. The molecule has 1 aromatic heterocycles. The molecule has 1 fully saturated rings. The molecule has 0 spiro atoms. The molecule has 1 amide bonds. The van der Waals surface area contributed by atoms with Crippen molar-refractivity contribution in [3.05, 3.63) is 5.28 Å². The van der Waals surface area contributed by atoms with Crippen molar-refractivity contribution in [2.24, 2.45) is 0 Å². The second-order valence-corrected chi connectivity index (χ2v) is 5.34. The Balaban J connectivity index is 1.99. The molecule has 116 valence electrons. The fraction of sp³-hybridized carbons (Fsp3) is 0.692. The van der Waals surface area contributed by atoms with Crippen molar-refractivity contribution in [1.29, 1.82) is 0 Å². The van der Waals surface area contributed by atoms with Crippen LogP contribution in [0.4, 0.5) is 5.95 Å². The number of aromatic nitrogens is 3. The topological polar surface area (TPSA) is 80.2 Å². The van der Waals surface area contributed by atoms with E-state index in [1.165, 1.54) is 6.92 Å². The summed E-state index contributed by atoms with van der Waals surface area (Å²) in [5.74, 6) is 0.536. The summed E-state index contributed by atoms with van der Waals surface area (Å²) in [6.45, 7) is 5.62. The van der Waals surface area contributed by atoms with Gasteiger partial charge in [0.05, 0.1) is 6.61 Å². The molecule has 1 N–H and O–H groups in total. The number of nitrogens with zero attached hydrogens (tertiary/aromatic N) is 4. The van der Waals surface area contributed by atoms with E-state index in [1.807, 2.05) is 11.8 Å². The Morgan fingerprint density at radius 2 is 2.10 bits per heavy atom. The zero-order valence-electron chi connectivity index (χ0n) is 12.3. The average Bonchev–Trinajstić information content (AvgIpc) is 2.44. The minimum Gasteiger partial charge on any atom is -0.463 e. The number of carbonyl (C=O) groups excluding carboxylic acids is 1. The van der Waals surface area contributed by atoms with Gasteiger partial charge in [-0.15, -0.1) is 0 Å². The number of hydrogen-bond donors (Lipinski definition) is 1. The van der Waals surface area contributed by atoms with Crippen LogP contribution in [-0.2, 0) is 4.79 Å². The molecule has 1 aliphatic heterocycles. The number of halogens is 1. The molecule has 1 aliphatic rings. The molecule has 0 bridgehead atoms. The van der Waals surface area contributed by atoms with Crippen LogP contribution in [0.15, 0.2) is 0 Å². The number of amides is 1. The van der Waals surface area contributed by atoms with Crippen molar-refractivity contribution in [3.63, 3.8) is 0 Å². The molecule has 1 saturated heterocycles. The number of carbonyl (C=O) groups is 1. The van der Waals surface area contributed by atoms with Crippen LogP contribution in [0.25, 0.3) is 0 Å². The van der Waals surface area contributed by atoms with Crippen molar-refractivity contribution in [2.75, 3.05) is 24.6 Å². The van der Waals surface area contributed by atoms with Gasteiger partial charge in [-0.2, -0.15) is 15.0 Å². The molecule has 1 aromatic rings. The first-order valence-electron chi connectivity index (χ1n) is 7.15. The fourth-order valence-electron chi connectivity index (χ4n) is 2.23. The minimum absolute atomic E-state index is 0.00640. The Kier molecular flexibility index (Phi) is 5.55. The lowest BCUT2D eigenvalue weighted by molar-refractivity contribution is -0.119. The van der Waals surface area contributed by atoms with E-state index in [4.69, 9.17) is 16.3 Å². The second-order valence-electron chi connectivity index (χ2n) is 5.00. The van der Waals surface area contributed by atoms with Crippen LogP contribution < -0.4 is 15.0 Å². The standard InChI is InChI=1S/C13H20ClN5O2/c1-3-8-21-13-17-11(14)16-12(18-13)19-6-4-10(5-7-19)15-9(2)20/h10H,3-8H2,1-2H3,(H,15,20). The van der Waals surface area contributed by atoms with E-state index in [0.29, 0.717) is 12.6 Å². The normalized spacial score (nSPS) is 15.9. The lowest BCUT2D eigenvalue weighted by Crippen LogP contribution is -2.44. The van der Waals surface area contributed by atoms with Gasteiger partial charge >= 0.3 is 6.01 Å². The number of nitrogens with one attached hydrogen (secondary N) is 1. The van der Waals surface area contributed by atoms with Crippen LogP contribution in [0.5, 0.6) is 6.01 Å². The Labute approximate surface area is 129 Å². The van der Waals surface area contributed by atoms with Gasteiger partial charge in [0, 0.05) is 26.1 Å². The quantitative estimate of drug-likeness (QED) is 0.885. The van der Waals surface area contributed by atoms with Crippen molar-refractivity contribution >= 4 is 23.5 Å². The van der Waals surface area contributed by atoms with E-state index in [0.717, 1.165) is 32.4 Å². The Morgan fingerprint density at radius 3 is 2.71 bits per heavy atom. The van der Waals surface area contributed by atoms with Gasteiger partial charge in [-0.1, -0.05) is 6.92 Å². The van der Waals surface area contributed by atoms with E-state index in [9.17, 15) is 4.79 Å². The summed E-state index contributed by atoms with van der Waals surface area (Å²) >= 11 is 5.92. The molecule has 21 heavy (non-hydrogen) atoms. The van der Waals surface area contributed by atoms with Crippen LogP contribution in [0.1, 0.15) is 33.1 Å². The van der Waals surface area contributed by atoms with Gasteiger partial charge in [0.1, 0.15) is 0 Å². The highest BCUT2D eigenvalue weighted by Crippen LogP contribution is 2.19. The highest BCUT2D eigenvalue weighted by molar-refractivity contribution is 6.28. The second kappa shape index (κ2) is 7.40. The SMILES string of the molecule is CCCOc1nc(Cl)nc(N2CCC(NC(C)=O)CC2)n1. The monoisotopic (exact) mass is 313 g/mol. The van der Waals surface area contributed by atoms with Gasteiger partial charge < -0.3 is 15.0 Å². The summed E-state index contributed by atoms with van der Waals surface area (Å²) in [5.41, 5.74) is 0. The molecular formula is C13H20ClN5O2. The van der Waals surface area contributed by atoms with E-state index in [-0.39, 0.29) is 23.2 Å². The van der Waals surface area contributed by atoms with E-state index in [1.54, 1.807) is 0 Å². The summed E-state index contributed by atoms with van der Waals surface area (Å²) in [6, 6.07) is 0.475. The van der Waals surface area contributed by atoms with Crippen molar-refractivity contribution < 1.29 is 9.53 Å². The summed E-state index contributed by atoms with van der Waals surface area (Å²) in [7, 11) is 0. The molecule has 0 radical (unpaired) electrons. The predicted octanol–water partition coefficient (Wildman–Crippen LogP) is 1.42. The molecule has 2 rings (SSSR count). The van der Waals surface area contributed by atoms with Gasteiger partial charge in [-0.05, 0) is 30.9 Å². The van der Waals surface area contributed by atoms with Gasteiger partial charge in [0.15, 0.2) is 0 Å². The average molecular weight is 314 g/mol. The fourth-order valence-corrected chi connectivity index (χ4v) is 2.38. The summed E-state index contributed by atoms with van der Waals surface area (Å²) in [6.07, 6.45) is 2.59. The smallest absolute Gasteiger partial charge is 0.322 e. The molecule has 0 aromatic carbocycles. The summed E-state index contributed by atoms with van der Waals surface area (Å²) in [4.78, 5) is 25.5. The summed E-state index contributed by atoms with van der Waals surface area (Å²) in [5, 5.41) is 3.07. The molecule has 8 heteroatoms. The Morgan fingerprint density at radius 1 is 1.38 bits per heavy atom. The Hall–Kier alpha value is -1.63. The first kappa shape index (κ1) is 15.8. The maximum absolute atomic E-state index is 11.1. The van der Waals surface area contributed by atoms with E-state index in [2.05, 4.69) is 20.3 Å². The number of rotatable bonds is 5. The van der Waals surface area contributed by atoms with Crippen LogP contribution in [0.3, 0.4) is 0 Å². The lowest BCUT2D eigenvalue weighted by atomic mass is 10.1. The van der Waals surface area contributed by atoms with Crippen LogP contribution in [0, 0.1) is 0 Å². The van der Waals surface area contributed by atoms with Crippen LogP contribution >= 0.6 is 11.6 Å². The van der Waals surface area contributed by atoms with E-state index >= 15 is 0 Å². The van der Waals surface area contributed by atoms with Gasteiger partial charge in [-0.25, -0.2) is 0 Å². The number of hydrogen-bond acceptors (Lipinski definition) is 6. The van der Waals surface area contributed by atoms with Gasteiger partial charge in [0.25, 0.3) is 0 Å². The third kappa shape index (κ3) is 4.70. The van der Waals surface area contributed by atoms with Gasteiger partial charge in [-0.3, -0.25) is 4.79 Å². The maximum atomic E-state index is 11.1. The lowest BCUT2D eigenvalue weighted by Gasteiger charge is -2.32. The molecule has 0 aliphatic carbocycles. The minimum atomic E-state index is 0.00640. The van der Waals surface area contributed by atoms with Crippen molar-refractivity contribution in [3.8, 4) is 6.01 Å². The first-order chi connectivity index (χ1) is 10.1. The van der Waals surface area contributed by atoms with Crippen LogP contribution in [-0.4, -0.2) is 46.6 Å². The van der Waals surface area contributed by atoms with Crippen LogP contribution in [0.2, 0.25) is 5.28 Å². The number of anilines is 1. The number of piperidine rings is 1. The molecule has 0 atom stereocenters. The van der Waals surface area contributed by atoms with Crippen molar-refractivity contribution in [1.82, 2.24) is 20.3 Å². The Bertz CT molecular complexity index is 491. The molecule has 2 heterocycles. The largest absolute Gasteiger partial charge is 0.463 e.